The van der Waals surface area contributed by atoms with Crippen LogP contribution in [-0.2, 0) is 4.79 Å². The predicted molar refractivity (Wildman–Crippen MR) is 127 cm³/mol. The number of hydrogen-bond donors (Lipinski definition) is 1. The summed E-state index contributed by atoms with van der Waals surface area (Å²) in [7, 11) is 3.12. The van der Waals surface area contributed by atoms with Crippen molar-refractivity contribution in [3.63, 3.8) is 0 Å². The Balaban J connectivity index is 1.46. The van der Waals surface area contributed by atoms with Gasteiger partial charge in [0.25, 0.3) is 0 Å². The molecule has 33 heavy (non-hydrogen) atoms. The van der Waals surface area contributed by atoms with Gasteiger partial charge in [-0.1, -0.05) is 60.7 Å². The van der Waals surface area contributed by atoms with Crippen molar-refractivity contribution in [1.29, 1.82) is 0 Å². The van der Waals surface area contributed by atoms with E-state index in [0.717, 1.165) is 11.1 Å². The molecule has 0 radical (unpaired) electrons. The Kier molecular flexibility index (Phi) is 6.78. The van der Waals surface area contributed by atoms with Gasteiger partial charge in [-0.15, -0.1) is 0 Å². The molecule has 0 aromatic heterocycles. The van der Waals surface area contributed by atoms with E-state index >= 15 is 0 Å². The molecule has 0 atom stereocenters. The number of carbonyl (C=O) groups is 2. The summed E-state index contributed by atoms with van der Waals surface area (Å²) in [4.78, 5) is 29.2. The summed E-state index contributed by atoms with van der Waals surface area (Å²) < 4.78 is 10.6. The van der Waals surface area contributed by atoms with E-state index in [-0.39, 0.29) is 24.5 Å². The van der Waals surface area contributed by atoms with Crippen LogP contribution < -0.4 is 19.7 Å². The van der Waals surface area contributed by atoms with E-state index in [1.54, 1.807) is 36.2 Å². The van der Waals surface area contributed by atoms with Crippen molar-refractivity contribution < 1.29 is 19.1 Å². The van der Waals surface area contributed by atoms with Gasteiger partial charge in [0.1, 0.15) is 6.54 Å². The molecule has 1 aliphatic heterocycles. The van der Waals surface area contributed by atoms with Crippen LogP contribution >= 0.6 is 0 Å². The van der Waals surface area contributed by atoms with Crippen LogP contribution in [0.25, 0.3) is 0 Å². The van der Waals surface area contributed by atoms with Crippen molar-refractivity contribution in [2.45, 2.75) is 6.04 Å². The third kappa shape index (κ3) is 4.92. The molecule has 1 saturated heterocycles. The summed E-state index contributed by atoms with van der Waals surface area (Å²) >= 11 is 0. The van der Waals surface area contributed by atoms with Gasteiger partial charge >= 0.3 is 6.03 Å². The fraction of sp³-hybridized carbons (Fsp3) is 0.231. The Labute approximate surface area is 193 Å². The molecule has 0 unspecified atom stereocenters. The van der Waals surface area contributed by atoms with Crippen molar-refractivity contribution in [3.8, 4) is 11.5 Å². The number of ether oxygens (including phenoxy) is 2. The molecule has 0 bridgehead atoms. The monoisotopic (exact) mass is 445 g/mol. The van der Waals surface area contributed by atoms with E-state index < -0.39 is 0 Å². The minimum Gasteiger partial charge on any atom is -0.493 e. The molecule has 1 heterocycles. The quantitative estimate of drug-likeness (QED) is 0.572. The number of urea groups is 1. The molecule has 3 aromatic rings. The first-order valence-corrected chi connectivity index (χ1v) is 10.8. The first kappa shape index (κ1) is 22.2. The summed E-state index contributed by atoms with van der Waals surface area (Å²) in [6.07, 6.45) is 0. The number of rotatable bonds is 8. The fourth-order valence-electron chi connectivity index (χ4n) is 3.99. The molecule has 0 aliphatic carbocycles. The van der Waals surface area contributed by atoms with Crippen LogP contribution in [0.1, 0.15) is 17.2 Å². The molecular weight excluding hydrogens is 418 g/mol. The van der Waals surface area contributed by atoms with E-state index in [9.17, 15) is 9.59 Å². The van der Waals surface area contributed by atoms with Gasteiger partial charge in [0.15, 0.2) is 11.5 Å². The molecular formula is C26H27N3O4. The highest BCUT2D eigenvalue weighted by molar-refractivity contribution is 5.96. The summed E-state index contributed by atoms with van der Waals surface area (Å²) in [5.41, 5.74) is 2.67. The molecule has 7 heteroatoms. The van der Waals surface area contributed by atoms with Gasteiger partial charge in [-0.3, -0.25) is 9.69 Å². The lowest BCUT2D eigenvalue weighted by Crippen LogP contribution is -2.41. The number of carbonyl (C=O) groups excluding carboxylic acids is 2. The van der Waals surface area contributed by atoms with Crippen LogP contribution in [-0.4, -0.2) is 50.7 Å². The number of anilines is 1. The molecule has 1 fully saturated rings. The second-order valence-corrected chi connectivity index (χ2v) is 7.72. The highest BCUT2D eigenvalue weighted by atomic mass is 16.5. The first-order chi connectivity index (χ1) is 16.1. The second kappa shape index (κ2) is 10.1. The van der Waals surface area contributed by atoms with Gasteiger partial charge in [-0.25, -0.2) is 4.79 Å². The molecule has 1 N–H and O–H groups in total. The molecule has 3 aromatic carbocycles. The topological polar surface area (TPSA) is 71.1 Å². The highest BCUT2D eigenvalue weighted by Crippen LogP contribution is 2.32. The maximum atomic E-state index is 13.0. The van der Waals surface area contributed by atoms with Crippen molar-refractivity contribution in [2.24, 2.45) is 0 Å². The van der Waals surface area contributed by atoms with Crippen LogP contribution in [0.3, 0.4) is 0 Å². The van der Waals surface area contributed by atoms with E-state index in [1.165, 1.54) is 0 Å². The molecule has 170 valence electrons. The Morgan fingerprint density at radius 3 is 2.06 bits per heavy atom. The van der Waals surface area contributed by atoms with Gasteiger partial charge in [-0.2, -0.15) is 0 Å². The smallest absolute Gasteiger partial charge is 0.325 e. The summed E-state index contributed by atoms with van der Waals surface area (Å²) in [5, 5.41) is 3.10. The SMILES string of the molecule is COc1ccc(N2CCN(CC(=O)NC(c3ccccc3)c3ccccc3)C2=O)cc1OC. The van der Waals surface area contributed by atoms with Gasteiger partial charge < -0.3 is 19.7 Å². The Morgan fingerprint density at radius 2 is 1.48 bits per heavy atom. The Hall–Kier alpha value is -4.00. The first-order valence-electron chi connectivity index (χ1n) is 10.8. The Morgan fingerprint density at radius 1 is 0.879 bits per heavy atom. The van der Waals surface area contributed by atoms with Crippen LogP contribution in [0, 0.1) is 0 Å². The molecule has 4 rings (SSSR count). The highest BCUT2D eigenvalue weighted by Gasteiger charge is 2.32. The van der Waals surface area contributed by atoms with E-state index in [2.05, 4.69) is 5.32 Å². The second-order valence-electron chi connectivity index (χ2n) is 7.72. The standard InChI is InChI=1S/C26H27N3O4/c1-32-22-14-13-21(17-23(22)33-2)29-16-15-28(26(29)31)18-24(30)27-25(19-9-5-3-6-10-19)20-11-7-4-8-12-20/h3-14,17,25H,15-16,18H2,1-2H3,(H,27,30). The maximum absolute atomic E-state index is 13.0. The average molecular weight is 446 g/mol. The number of hydrogen-bond acceptors (Lipinski definition) is 4. The predicted octanol–water partition coefficient (Wildman–Crippen LogP) is 3.85. The van der Waals surface area contributed by atoms with Crippen molar-refractivity contribution in [2.75, 3.05) is 38.8 Å². The summed E-state index contributed by atoms with van der Waals surface area (Å²) in [6.45, 7) is 0.934. The fourth-order valence-corrected chi connectivity index (χ4v) is 3.99. The van der Waals surface area contributed by atoms with Crippen molar-refractivity contribution in [3.05, 3.63) is 90.0 Å². The van der Waals surface area contributed by atoms with Gasteiger partial charge in [0.2, 0.25) is 5.91 Å². The van der Waals surface area contributed by atoms with Crippen LogP contribution in [0.4, 0.5) is 10.5 Å². The van der Waals surface area contributed by atoms with E-state index in [1.807, 2.05) is 66.7 Å². The lowest BCUT2D eigenvalue weighted by atomic mass is 9.99. The molecule has 1 aliphatic rings. The van der Waals surface area contributed by atoms with E-state index in [4.69, 9.17) is 9.47 Å². The maximum Gasteiger partial charge on any atom is 0.325 e. The number of amides is 3. The number of methoxy groups -OCH3 is 2. The van der Waals surface area contributed by atoms with Crippen molar-refractivity contribution in [1.82, 2.24) is 10.2 Å². The van der Waals surface area contributed by atoms with Crippen molar-refractivity contribution >= 4 is 17.6 Å². The minimum atomic E-state index is -0.292. The molecule has 0 spiro atoms. The zero-order valence-corrected chi connectivity index (χ0v) is 18.7. The third-order valence-electron chi connectivity index (χ3n) is 5.68. The Bertz CT molecular complexity index is 1070. The zero-order chi connectivity index (χ0) is 23.2. The molecule has 0 saturated carbocycles. The number of nitrogens with one attached hydrogen (secondary N) is 1. The van der Waals surface area contributed by atoms with Gasteiger partial charge in [0.05, 0.1) is 20.3 Å². The van der Waals surface area contributed by atoms with Gasteiger partial charge in [0, 0.05) is 24.8 Å². The van der Waals surface area contributed by atoms with Crippen LogP contribution in [0.2, 0.25) is 0 Å². The lowest BCUT2D eigenvalue weighted by Gasteiger charge is -2.23. The normalized spacial score (nSPS) is 13.4. The number of benzene rings is 3. The summed E-state index contributed by atoms with van der Waals surface area (Å²) in [6, 6.07) is 24.4. The largest absolute Gasteiger partial charge is 0.493 e. The molecule has 3 amide bonds. The molecule has 7 nitrogen and oxygen atoms in total. The van der Waals surface area contributed by atoms with Crippen LogP contribution in [0.15, 0.2) is 78.9 Å². The minimum absolute atomic E-state index is 0.0151. The average Bonchev–Trinajstić information content (AvgIpc) is 3.22. The van der Waals surface area contributed by atoms with Gasteiger partial charge in [-0.05, 0) is 23.3 Å². The summed E-state index contributed by atoms with van der Waals surface area (Å²) in [5.74, 6) is 0.930. The number of nitrogens with zero attached hydrogens (tertiary/aromatic N) is 2. The lowest BCUT2D eigenvalue weighted by molar-refractivity contribution is -0.122. The zero-order valence-electron chi connectivity index (χ0n) is 18.7. The van der Waals surface area contributed by atoms with Crippen LogP contribution in [0.5, 0.6) is 11.5 Å². The third-order valence-corrected chi connectivity index (χ3v) is 5.68. The van der Waals surface area contributed by atoms with E-state index in [0.29, 0.717) is 30.3 Å².